The van der Waals surface area contributed by atoms with E-state index in [1.807, 2.05) is 24.4 Å². The maximum absolute atomic E-state index is 14.4. The second kappa shape index (κ2) is 8.78. The number of aryl methyl sites for hydroxylation is 1. The summed E-state index contributed by atoms with van der Waals surface area (Å²) in [6.45, 7) is 4.04. The van der Waals surface area contributed by atoms with Gasteiger partial charge in [-0.15, -0.1) is 0 Å². The Morgan fingerprint density at radius 2 is 1.90 bits per heavy atom. The Hall–Kier alpha value is -2.75. The van der Waals surface area contributed by atoms with E-state index in [0.29, 0.717) is 18.9 Å². The highest BCUT2D eigenvalue weighted by molar-refractivity contribution is 7.89. The van der Waals surface area contributed by atoms with Gasteiger partial charge in [-0.2, -0.15) is 4.31 Å². The number of ether oxygens (including phenoxy) is 1. The predicted octanol–water partition coefficient (Wildman–Crippen LogP) is 3.46. The summed E-state index contributed by atoms with van der Waals surface area (Å²) in [5.41, 5.74) is 1.23. The molecule has 7 nitrogen and oxygen atoms in total. The molecule has 0 spiro atoms. The van der Waals surface area contributed by atoms with Crippen molar-refractivity contribution in [2.24, 2.45) is 0 Å². The highest BCUT2D eigenvalue weighted by Gasteiger charge is 2.28. The third kappa shape index (κ3) is 4.34. The molecule has 1 saturated heterocycles. The molecule has 0 bridgehead atoms. The van der Waals surface area contributed by atoms with Gasteiger partial charge < -0.3 is 14.6 Å². The van der Waals surface area contributed by atoms with Crippen LogP contribution in [0.2, 0.25) is 0 Å². The first kappa shape index (κ1) is 21.5. The van der Waals surface area contributed by atoms with Crippen LogP contribution in [0.1, 0.15) is 23.7 Å². The van der Waals surface area contributed by atoms with Crippen LogP contribution in [-0.2, 0) is 21.3 Å². The number of sulfonamides is 1. The normalized spacial score (nSPS) is 15.3. The van der Waals surface area contributed by atoms with Gasteiger partial charge in [0.05, 0.1) is 23.7 Å². The molecule has 164 valence electrons. The number of hydrogen-bond acceptors (Lipinski definition) is 4. The summed E-state index contributed by atoms with van der Waals surface area (Å²) < 4.78 is 48.7. The number of carbonyl (C=O) groups excluding carboxylic acids is 1. The second-order valence-electron chi connectivity index (χ2n) is 7.39. The first-order valence-electron chi connectivity index (χ1n) is 10.2. The minimum Gasteiger partial charge on any atom is -0.379 e. The smallest absolute Gasteiger partial charge is 0.258 e. The first-order chi connectivity index (χ1) is 14.9. The van der Waals surface area contributed by atoms with Crippen LogP contribution in [0.25, 0.3) is 10.9 Å². The second-order valence-corrected chi connectivity index (χ2v) is 9.33. The van der Waals surface area contributed by atoms with Crippen molar-refractivity contribution >= 4 is 32.5 Å². The van der Waals surface area contributed by atoms with Crippen molar-refractivity contribution in [3.05, 3.63) is 60.0 Å². The van der Waals surface area contributed by atoms with E-state index in [1.165, 1.54) is 10.4 Å². The molecule has 0 atom stereocenters. The lowest BCUT2D eigenvalue weighted by Gasteiger charge is -2.26. The number of nitrogens with zero attached hydrogens (tertiary/aromatic N) is 2. The molecule has 1 amide bonds. The van der Waals surface area contributed by atoms with Crippen molar-refractivity contribution < 1.29 is 22.3 Å². The Kier molecular flexibility index (Phi) is 6.08. The number of aromatic nitrogens is 1. The summed E-state index contributed by atoms with van der Waals surface area (Å²) >= 11 is 0. The van der Waals surface area contributed by atoms with E-state index < -0.39 is 21.7 Å². The number of fused-ring (bicyclic) bond motifs is 1. The minimum absolute atomic E-state index is 0.118. The molecule has 31 heavy (non-hydrogen) atoms. The summed E-state index contributed by atoms with van der Waals surface area (Å²) in [5, 5.41) is 3.63. The van der Waals surface area contributed by atoms with Gasteiger partial charge in [0.1, 0.15) is 5.82 Å². The summed E-state index contributed by atoms with van der Waals surface area (Å²) in [7, 11) is -3.84. The number of hydrogen-bond donors (Lipinski definition) is 1. The molecule has 3 aromatic rings. The van der Waals surface area contributed by atoms with Crippen molar-refractivity contribution in [3.63, 3.8) is 0 Å². The fourth-order valence-corrected chi connectivity index (χ4v) is 5.12. The van der Waals surface area contributed by atoms with Gasteiger partial charge in [-0.25, -0.2) is 12.8 Å². The van der Waals surface area contributed by atoms with Crippen molar-refractivity contribution in [3.8, 4) is 0 Å². The monoisotopic (exact) mass is 445 g/mol. The zero-order chi connectivity index (χ0) is 22.0. The highest BCUT2D eigenvalue weighted by Crippen LogP contribution is 2.24. The molecule has 9 heteroatoms. The van der Waals surface area contributed by atoms with E-state index in [-0.39, 0.29) is 23.5 Å². The Labute approximate surface area is 180 Å². The lowest BCUT2D eigenvalue weighted by Crippen LogP contribution is -2.40. The lowest BCUT2D eigenvalue weighted by molar-refractivity contribution is 0.0730. The summed E-state index contributed by atoms with van der Waals surface area (Å²) in [6, 6.07) is 10.7. The molecule has 4 rings (SSSR count). The SMILES string of the molecule is CCCn1ccc2cc(NC(=O)c3cc(S(=O)(=O)N4CCOCC4)ccc3F)ccc21. The van der Waals surface area contributed by atoms with Gasteiger partial charge in [0, 0.05) is 42.4 Å². The fourth-order valence-electron chi connectivity index (χ4n) is 3.69. The minimum atomic E-state index is -3.84. The van der Waals surface area contributed by atoms with Crippen molar-refractivity contribution in [1.29, 1.82) is 0 Å². The average molecular weight is 446 g/mol. The molecule has 1 N–H and O–H groups in total. The van der Waals surface area contributed by atoms with E-state index in [2.05, 4.69) is 16.8 Å². The van der Waals surface area contributed by atoms with Gasteiger partial charge in [0.15, 0.2) is 0 Å². The van der Waals surface area contributed by atoms with Crippen LogP contribution >= 0.6 is 0 Å². The summed E-state index contributed by atoms with van der Waals surface area (Å²) in [5.74, 6) is -1.49. The van der Waals surface area contributed by atoms with Gasteiger partial charge in [-0.05, 0) is 48.9 Å². The van der Waals surface area contributed by atoms with Crippen LogP contribution in [-0.4, -0.2) is 49.5 Å². The molecule has 1 aliphatic rings. The topological polar surface area (TPSA) is 80.6 Å². The maximum atomic E-state index is 14.4. The van der Waals surface area contributed by atoms with Crippen LogP contribution in [0.5, 0.6) is 0 Å². The number of amides is 1. The molecule has 1 fully saturated rings. The fraction of sp³-hybridized carbons (Fsp3) is 0.318. The number of carbonyl (C=O) groups is 1. The van der Waals surface area contributed by atoms with Crippen molar-refractivity contribution in [2.45, 2.75) is 24.8 Å². The quantitative estimate of drug-likeness (QED) is 0.630. The third-order valence-corrected chi connectivity index (χ3v) is 7.18. The zero-order valence-corrected chi connectivity index (χ0v) is 18.0. The number of morpholine rings is 1. The van der Waals surface area contributed by atoms with Crippen LogP contribution in [0.4, 0.5) is 10.1 Å². The molecule has 0 aliphatic carbocycles. The zero-order valence-electron chi connectivity index (χ0n) is 17.2. The average Bonchev–Trinajstić information content (AvgIpc) is 3.17. The number of halogens is 1. The standard InChI is InChI=1S/C22H24FN3O4S/c1-2-8-25-9-7-16-14-17(3-6-21(16)25)24-22(27)19-15-18(4-5-20(19)23)31(28,29)26-10-12-30-13-11-26/h3-7,9,14-15H,2,8,10-13H2,1H3,(H,24,27). The largest absolute Gasteiger partial charge is 0.379 e. The first-order valence-corrected chi connectivity index (χ1v) is 11.6. The Morgan fingerprint density at radius 1 is 1.13 bits per heavy atom. The van der Waals surface area contributed by atoms with E-state index in [0.717, 1.165) is 36.0 Å². The molecular formula is C22H24FN3O4S. The van der Waals surface area contributed by atoms with Crippen molar-refractivity contribution in [2.75, 3.05) is 31.6 Å². The molecule has 1 aromatic heterocycles. The van der Waals surface area contributed by atoms with Crippen LogP contribution in [0, 0.1) is 5.82 Å². The molecule has 0 radical (unpaired) electrons. The molecule has 0 unspecified atom stereocenters. The molecular weight excluding hydrogens is 421 g/mol. The predicted molar refractivity (Wildman–Crippen MR) is 116 cm³/mol. The third-order valence-electron chi connectivity index (χ3n) is 5.28. The molecule has 2 heterocycles. The number of benzene rings is 2. The molecule has 2 aromatic carbocycles. The summed E-state index contributed by atoms with van der Waals surface area (Å²) in [4.78, 5) is 12.6. The highest BCUT2D eigenvalue weighted by atomic mass is 32.2. The Morgan fingerprint density at radius 3 is 2.65 bits per heavy atom. The molecule has 0 saturated carbocycles. The lowest BCUT2D eigenvalue weighted by atomic mass is 10.2. The van der Waals surface area contributed by atoms with E-state index in [1.54, 1.807) is 6.07 Å². The van der Waals surface area contributed by atoms with Gasteiger partial charge in [0.25, 0.3) is 5.91 Å². The van der Waals surface area contributed by atoms with Crippen LogP contribution < -0.4 is 5.32 Å². The van der Waals surface area contributed by atoms with Crippen LogP contribution in [0.3, 0.4) is 0 Å². The van der Waals surface area contributed by atoms with E-state index in [9.17, 15) is 17.6 Å². The van der Waals surface area contributed by atoms with Gasteiger partial charge in [0.2, 0.25) is 10.0 Å². The number of nitrogens with one attached hydrogen (secondary N) is 1. The van der Waals surface area contributed by atoms with Gasteiger partial charge in [-0.1, -0.05) is 6.92 Å². The molecule has 1 aliphatic heterocycles. The Balaban J connectivity index is 1.58. The Bertz CT molecular complexity index is 1220. The van der Waals surface area contributed by atoms with Gasteiger partial charge >= 0.3 is 0 Å². The van der Waals surface area contributed by atoms with E-state index >= 15 is 0 Å². The maximum Gasteiger partial charge on any atom is 0.258 e. The van der Waals surface area contributed by atoms with E-state index in [4.69, 9.17) is 4.74 Å². The number of anilines is 1. The van der Waals surface area contributed by atoms with Crippen molar-refractivity contribution in [1.82, 2.24) is 8.87 Å². The summed E-state index contributed by atoms with van der Waals surface area (Å²) in [6.07, 6.45) is 2.99. The van der Waals surface area contributed by atoms with Gasteiger partial charge in [-0.3, -0.25) is 4.79 Å². The van der Waals surface area contributed by atoms with Crippen LogP contribution in [0.15, 0.2) is 53.6 Å². The number of rotatable bonds is 6.